The van der Waals surface area contributed by atoms with Crippen LogP contribution >= 0.6 is 22.9 Å². The van der Waals surface area contributed by atoms with Crippen LogP contribution in [0.15, 0.2) is 18.3 Å². The monoisotopic (exact) mass is 307 g/mol. The van der Waals surface area contributed by atoms with E-state index in [4.69, 9.17) is 16.9 Å². The maximum Gasteiger partial charge on any atom is 0.127 e. The largest absolute Gasteiger partial charge is 0.289 e. The summed E-state index contributed by atoms with van der Waals surface area (Å²) in [6, 6.07) is 4.22. The van der Waals surface area contributed by atoms with E-state index in [0.29, 0.717) is 17.1 Å². The fourth-order valence-electron chi connectivity index (χ4n) is 1.95. The molecule has 0 fully saturated rings. The molecule has 1 N–H and O–H groups in total. The minimum Gasteiger partial charge on any atom is -0.289 e. The van der Waals surface area contributed by atoms with Crippen LogP contribution in [0.25, 0.3) is 16.6 Å². The number of nitriles is 1. The van der Waals surface area contributed by atoms with Gasteiger partial charge in [0, 0.05) is 11.8 Å². The summed E-state index contributed by atoms with van der Waals surface area (Å²) in [7, 11) is 0. The first kappa shape index (κ1) is 13.1. The van der Waals surface area contributed by atoms with Gasteiger partial charge < -0.3 is 0 Å². The molecule has 1 aromatic carbocycles. The van der Waals surface area contributed by atoms with Gasteiger partial charge in [0.1, 0.15) is 16.9 Å². The van der Waals surface area contributed by atoms with Crippen molar-refractivity contribution >= 4 is 29.0 Å². The average molecular weight is 308 g/mol. The Bertz CT molecular complexity index is 766. The molecule has 0 spiro atoms. The third kappa shape index (κ3) is 2.16. The lowest BCUT2D eigenvalue weighted by Crippen LogP contribution is -2.13. The van der Waals surface area contributed by atoms with Crippen molar-refractivity contribution in [2.24, 2.45) is 0 Å². The van der Waals surface area contributed by atoms with Crippen molar-refractivity contribution in [3.63, 3.8) is 0 Å². The molecule has 0 atom stereocenters. The van der Waals surface area contributed by atoms with E-state index in [2.05, 4.69) is 4.98 Å². The molecule has 4 nitrogen and oxygen atoms in total. The van der Waals surface area contributed by atoms with Crippen LogP contribution in [0, 0.1) is 17.1 Å². The third-order valence-electron chi connectivity index (χ3n) is 2.83. The first-order valence-corrected chi connectivity index (χ1v) is 6.81. The van der Waals surface area contributed by atoms with Gasteiger partial charge in [-0.2, -0.15) is 5.26 Å². The van der Waals surface area contributed by atoms with Gasteiger partial charge in [-0.05, 0) is 18.2 Å². The Kier molecular flexibility index (Phi) is 3.18. The number of thiazole rings is 1. The zero-order valence-electron chi connectivity index (χ0n) is 9.97. The minimum atomic E-state index is -0.557. The van der Waals surface area contributed by atoms with Crippen molar-refractivity contribution in [3.05, 3.63) is 45.3 Å². The van der Waals surface area contributed by atoms with Crippen LogP contribution in [0.3, 0.4) is 0 Å². The van der Waals surface area contributed by atoms with Gasteiger partial charge in [-0.25, -0.2) is 9.37 Å². The van der Waals surface area contributed by atoms with Crippen LogP contribution < -0.4 is 0 Å². The Balaban J connectivity index is 2.16. The number of hydroxylamine groups is 2. The Hall–Kier alpha value is -1.94. The highest BCUT2D eigenvalue weighted by Gasteiger charge is 2.20. The predicted molar refractivity (Wildman–Crippen MR) is 73.6 cm³/mol. The van der Waals surface area contributed by atoms with Crippen LogP contribution in [-0.4, -0.2) is 15.3 Å². The van der Waals surface area contributed by atoms with Gasteiger partial charge in [-0.1, -0.05) is 11.6 Å². The fourth-order valence-corrected chi connectivity index (χ4v) is 3.42. The van der Waals surface area contributed by atoms with Crippen molar-refractivity contribution in [2.45, 2.75) is 6.54 Å². The van der Waals surface area contributed by atoms with Crippen LogP contribution in [0.1, 0.15) is 16.1 Å². The van der Waals surface area contributed by atoms with Gasteiger partial charge in [0.15, 0.2) is 0 Å². The molecular weight excluding hydrogens is 301 g/mol. The topological polar surface area (TPSA) is 60.2 Å². The molecule has 1 aromatic heterocycles. The highest BCUT2D eigenvalue weighted by molar-refractivity contribution is 7.15. The van der Waals surface area contributed by atoms with E-state index in [-0.39, 0.29) is 10.6 Å². The van der Waals surface area contributed by atoms with E-state index in [1.54, 1.807) is 6.08 Å². The molecule has 0 radical (unpaired) electrons. The van der Waals surface area contributed by atoms with Crippen LogP contribution in [0.2, 0.25) is 5.02 Å². The lowest BCUT2D eigenvalue weighted by atomic mass is 10.1. The summed E-state index contributed by atoms with van der Waals surface area (Å²) < 4.78 is 13.3. The van der Waals surface area contributed by atoms with Crippen molar-refractivity contribution in [2.75, 3.05) is 0 Å². The molecule has 0 unspecified atom stereocenters. The molecule has 3 rings (SSSR count). The standard InChI is InChI=1S/C13H7ClFN3OS/c14-9-4-8(15)3-7(5-16)12(9)13-17-10-1-2-18(19)6-11(10)20-13/h1-4,19H,6H2. The molecule has 100 valence electrons. The quantitative estimate of drug-likeness (QED) is 0.873. The first-order valence-electron chi connectivity index (χ1n) is 5.61. The lowest BCUT2D eigenvalue weighted by Gasteiger charge is -2.13. The number of benzene rings is 1. The summed E-state index contributed by atoms with van der Waals surface area (Å²) in [6.45, 7) is 0.324. The second-order valence-corrected chi connectivity index (χ2v) is 5.65. The first-order chi connectivity index (χ1) is 9.58. The van der Waals surface area contributed by atoms with Gasteiger partial charge in [0.2, 0.25) is 0 Å². The smallest absolute Gasteiger partial charge is 0.127 e. The normalized spacial score (nSPS) is 13.2. The van der Waals surface area contributed by atoms with Gasteiger partial charge in [-0.15, -0.1) is 11.3 Å². The van der Waals surface area contributed by atoms with Gasteiger partial charge >= 0.3 is 0 Å². The number of hydrogen-bond acceptors (Lipinski definition) is 5. The zero-order valence-corrected chi connectivity index (χ0v) is 11.5. The molecule has 7 heteroatoms. The third-order valence-corrected chi connectivity index (χ3v) is 4.20. The van der Waals surface area contributed by atoms with Crippen molar-refractivity contribution in [1.29, 1.82) is 5.26 Å². The molecule has 0 amide bonds. The summed E-state index contributed by atoms with van der Waals surface area (Å²) in [6.07, 6.45) is 3.17. The molecule has 2 aromatic rings. The average Bonchev–Trinajstić information content (AvgIpc) is 2.79. The van der Waals surface area contributed by atoms with Gasteiger partial charge in [0.05, 0.1) is 27.7 Å². The van der Waals surface area contributed by atoms with E-state index in [1.165, 1.54) is 17.5 Å². The van der Waals surface area contributed by atoms with Crippen molar-refractivity contribution in [1.82, 2.24) is 10.0 Å². The molecule has 0 saturated carbocycles. The maximum absolute atomic E-state index is 13.3. The Morgan fingerprint density at radius 2 is 2.30 bits per heavy atom. The Morgan fingerprint density at radius 3 is 3.05 bits per heavy atom. The van der Waals surface area contributed by atoms with E-state index >= 15 is 0 Å². The number of rotatable bonds is 1. The summed E-state index contributed by atoms with van der Waals surface area (Å²) in [5, 5.41) is 20.3. The number of nitrogens with zero attached hydrogens (tertiary/aromatic N) is 3. The summed E-state index contributed by atoms with van der Waals surface area (Å²) in [5.74, 6) is -0.557. The molecular formula is C13H7ClFN3OS. The molecule has 1 aliphatic rings. The fraction of sp³-hybridized carbons (Fsp3) is 0.0769. The minimum absolute atomic E-state index is 0.144. The molecule has 0 bridgehead atoms. The van der Waals surface area contributed by atoms with E-state index in [0.717, 1.165) is 27.8 Å². The predicted octanol–water partition coefficient (Wildman–Crippen LogP) is 3.65. The van der Waals surface area contributed by atoms with Crippen molar-refractivity contribution < 1.29 is 9.60 Å². The van der Waals surface area contributed by atoms with Crippen LogP contribution in [0.4, 0.5) is 4.39 Å². The van der Waals surface area contributed by atoms with Crippen LogP contribution in [-0.2, 0) is 6.54 Å². The number of aromatic nitrogens is 1. The Morgan fingerprint density at radius 1 is 1.50 bits per heavy atom. The Labute approximate surface area is 122 Å². The number of fused-ring (bicyclic) bond motifs is 1. The van der Waals surface area contributed by atoms with Crippen LogP contribution in [0.5, 0.6) is 0 Å². The number of halogens is 2. The van der Waals surface area contributed by atoms with Gasteiger partial charge in [0.25, 0.3) is 0 Å². The second kappa shape index (κ2) is 4.87. The molecule has 0 saturated heterocycles. The van der Waals surface area contributed by atoms with E-state index < -0.39 is 5.82 Å². The van der Waals surface area contributed by atoms with E-state index in [9.17, 15) is 9.60 Å². The van der Waals surface area contributed by atoms with Gasteiger partial charge in [-0.3, -0.25) is 10.3 Å². The second-order valence-electron chi connectivity index (χ2n) is 4.16. The van der Waals surface area contributed by atoms with Crippen molar-refractivity contribution in [3.8, 4) is 16.6 Å². The van der Waals surface area contributed by atoms with E-state index in [1.807, 2.05) is 6.07 Å². The molecule has 20 heavy (non-hydrogen) atoms. The number of hydrogen-bond donors (Lipinski definition) is 1. The highest BCUT2D eigenvalue weighted by atomic mass is 35.5. The molecule has 0 aliphatic carbocycles. The zero-order chi connectivity index (χ0) is 14.3. The highest BCUT2D eigenvalue weighted by Crippen LogP contribution is 2.37. The molecule has 1 aliphatic heterocycles. The summed E-state index contributed by atoms with van der Waals surface area (Å²) in [5.41, 5.74) is 1.29. The molecule has 2 heterocycles. The maximum atomic E-state index is 13.3. The SMILES string of the molecule is N#Cc1cc(F)cc(Cl)c1-c1nc2c(s1)CN(O)C=C2. The summed E-state index contributed by atoms with van der Waals surface area (Å²) >= 11 is 7.36. The lowest BCUT2D eigenvalue weighted by molar-refractivity contribution is -0.0486. The summed E-state index contributed by atoms with van der Waals surface area (Å²) in [4.78, 5) is 5.25.